The Kier molecular flexibility index (Phi) is 4.42. The molecule has 0 radical (unpaired) electrons. The van der Waals surface area contributed by atoms with E-state index >= 15 is 0 Å². The molecule has 1 atom stereocenters. The Labute approximate surface area is 105 Å². The molecule has 1 aliphatic heterocycles. The minimum absolute atomic E-state index is 0.164. The van der Waals surface area contributed by atoms with Gasteiger partial charge in [0.25, 0.3) is 0 Å². The van der Waals surface area contributed by atoms with Crippen molar-refractivity contribution in [2.24, 2.45) is 0 Å². The Bertz CT molecular complexity index is 406. The Morgan fingerprint density at radius 1 is 1.33 bits per heavy atom. The molecule has 0 spiro atoms. The maximum atomic E-state index is 13.3. The molecule has 0 saturated carbocycles. The monoisotopic (exact) mass is 254 g/mol. The van der Waals surface area contributed by atoms with E-state index in [0.29, 0.717) is 6.42 Å². The lowest BCUT2D eigenvalue weighted by molar-refractivity contribution is 0.0917. The Morgan fingerprint density at radius 3 is 2.67 bits per heavy atom. The zero-order valence-corrected chi connectivity index (χ0v) is 10.1. The van der Waals surface area contributed by atoms with Crippen molar-refractivity contribution in [3.05, 3.63) is 35.4 Å². The maximum Gasteiger partial charge on any atom is 0.168 e. The summed E-state index contributed by atoms with van der Waals surface area (Å²) in [6, 6.07) is 3.47. The number of hydrogen-bond donors (Lipinski definition) is 0. The topological polar surface area (TPSA) is 26.3 Å². The molecule has 2 nitrogen and oxygen atoms in total. The van der Waals surface area contributed by atoms with Crippen molar-refractivity contribution in [2.45, 2.75) is 38.2 Å². The van der Waals surface area contributed by atoms with Gasteiger partial charge in [-0.2, -0.15) is 0 Å². The number of ether oxygens (including phenoxy) is 1. The van der Waals surface area contributed by atoms with Crippen LogP contribution in [-0.2, 0) is 4.74 Å². The second kappa shape index (κ2) is 6.05. The molecule has 4 heteroatoms. The Hall–Kier alpha value is -1.29. The SMILES string of the molecule is O=C(CCCC1CCCO1)c1c(F)cccc1F. The highest BCUT2D eigenvalue weighted by atomic mass is 19.1. The predicted molar refractivity (Wildman–Crippen MR) is 63.5 cm³/mol. The van der Waals surface area contributed by atoms with Crippen molar-refractivity contribution in [3.63, 3.8) is 0 Å². The number of halogens is 2. The van der Waals surface area contributed by atoms with Gasteiger partial charge in [-0.3, -0.25) is 4.79 Å². The van der Waals surface area contributed by atoms with Crippen molar-refractivity contribution in [1.29, 1.82) is 0 Å². The third-order valence-corrected chi connectivity index (χ3v) is 3.20. The molecule has 0 N–H and O–H groups in total. The predicted octanol–water partition coefficient (Wildman–Crippen LogP) is 3.50. The molecule has 1 saturated heterocycles. The molecule has 1 aliphatic rings. The van der Waals surface area contributed by atoms with Gasteiger partial charge in [-0.15, -0.1) is 0 Å². The molecule has 18 heavy (non-hydrogen) atoms. The largest absolute Gasteiger partial charge is 0.378 e. The lowest BCUT2D eigenvalue weighted by Gasteiger charge is -2.08. The number of ketones is 1. The van der Waals surface area contributed by atoms with E-state index in [9.17, 15) is 13.6 Å². The molecule has 1 fully saturated rings. The summed E-state index contributed by atoms with van der Waals surface area (Å²) in [5.74, 6) is -2.03. The Morgan fingerprint density at radius 2 is 2.06 bits per heavy atom. The smallest absolute Gasteiger partial charge is 0.168 e. The standard InChI is InChI=1S/C14H16F2O2/c15-11-6-2-7-12(16)14(11)13(17)8-1-4-10-5-3-9-18-10/h2,6-7,10H,1,3-5,8-9H2. The Balaban J connectivity index is 1.87. The summed E-state index contributed by atoms with van der Waals surface area (Å²) >= 11 is 0. The second-order valence-corrected chi connectivity index (χ2v) is 4.55. The summed E-state index contributed by atoms with van der Waals surface area (Å²) in [4.78, 5) is 11.7. The number of carbonyl (C=O) groups excluding carboxylic acids is 1. The lowest BCUT2D eigenvalue weighted by atomic mass is 10.0. The zero-order valence-electron chi connectivity index (χ0n) is 10.1. The number of carbonyl (C=O) groups is 1. The van der Waals surface area contributed by atoms with Crippen LogP contribution in [0.25, 0.3) is 0 Å². The van der Waals surface area contributed by atoms with E-state index in [-0.39, 0.29) is 12.5 Å². The molecule has 2 rings (SSSR count). The summed E-state index contributed by atoms with van der Waals surface area (Å²) in [5, 5.41) is 0. The van der Waals surface area contributed by atoms with Crippen LogP contribution in [0, 0.1) is 11.6 Å². The fourth-order valence-corrected chi connectivity index (χ4v) is 2.25. The van der Waals surface area contributed by atoms with Crippen molar-refractivity contribution >= 4 is 5.78 Å². The quantitative estimate of drug-likeness (QED) is 0.752. The van der Waals surface area contributed by atoms with Crippen molar-refractivity contribution in [3.8, 4) is 0 Å². The number of hydrogen-bond acceptors (Lipinski definition) is 2. The first-order valence-electron chi connectivity index (χ1n) is 6.27. The van der Waals surface area contributed by atoms with Gasteiger partial charge in [0.1, 0.15) is 11.6 Å². The van der Waals surface area contributed by atoms with Gasteiger partial charge in [-0.1, -0.05) is 6.07 Å². The zero-order chi connectivity index (χ0) is 13.0. The molecule has 98 valence electrons. The highest BCUT2D eigenvalue weighted by molar-refractivity contribution is 5.96. The van der Waals surface area contributed by atoms with Crippen LogP contribution in [0.5, 0.6) is 0 Å². The molecule has 1 unspecified atom stereocenters. The molecule has 1 aromatic carbocycles. The van der Waals surface area contributed by atoms with Crippen LogP contribution in [0.4, 0.5) is 8.78 Å². The van der Waals surface area contributed by atoms with Crippen LogP contribution in [0.3, 0.4) is 0 Å². The van der Waals surface area contributed by atoms with Crippen LogP contribution < -0.4 is 0 Å². The van der Waals surface area contributed by atoms with Gasteiger partial charge in [0, 0.05) is 13.0 Å². The second-order valence-electron chi connectivity index (χ2n) is 4.55. The van der Waals surface area contributed by atoms with E-state index in [0.717, 1.165) is 38.0 Å². The van der Waals surface area contributed by atoms with Gasteiger partial charge < -0.3 is 4.74 Å². The van der Waals surface area contributed by atoms with Crippen LogP contribution in [0.2, 0.25) is 0 Å². The average Bonchev–Trinajstić information content (AvgIpc) is 2.82. The molecule has 1 heterocycles. The molecular weight excluding hydrogens is 238 g/mol. The minimum Gasteiger partial charge on any atom is -0.378 e. The van der Waals surface area contributed by atoms with Gasteiger partial charge in [0.15, 0.2) is 5.78 Å². The highest BCUT2D eigenvalue weighted by Gasteiger charge is 2.19. The first kappa shape index (κ1) is 13.1. The van der Waals surface area contributed by atoms with Crippen LogP contribution in [-0.4, -0.2) is 18.5 Å². The van der Waals surface area contributed by atoms with Crippen molar-refractivity contribution < 1.29 is 18.3 Å². The van der Waals surface area contributed by atoms with Crippen LogP contribution in [0.15, 0.2) is 18.2 Å². The number of benzene rings is 1. The minimum atomic E-state index is -0.780. The maximum absolute atomic E-state index is 13.3. The summed E-state index contributed by atoms with van der Waals surface area (Å²) in [6.07, 6.45) is 3.84. The molecule has 0 aliphatic carbocycles. The summed E-state index contributed by atoms with van der Waals surface area (Å²) in [6.45, 7) is 0.778. The number of Topliss-reactive ketones (excluding diaryl/α,β-unsaturated/α-hetero) is 1. The van der Waals surface area contributed by atoms with Crippen LogP contribution in [0.1, 0.15) is 42.5 Å². The summed E-state index contributed by atoms with van der Waals surface area (Å²) in [7, 11) is 0. The normalized spacial score (nSPS) is 19.1. The third-order valence-electron chi connectivity index (χ3n) is 3.20. The van der Waals surface area contributed by atoms with E-state index in [1.54, 1.807) is 0 Å². The van der Waals surface area contributed by atoms with Crippen molar-refractivity contribution in [2.75, 3.05) is 6.61 Å². The van der Waals surface area contributed by atoms with E-state index in [4.69, 9.17) is 4.74 Å². The summed E-state index contributed by atoms with van der Waals surface area (Å²) in [5.41, 5.74) is -0.412. The van der Waals surface area contributed by atoms with Gasteiger partial charge in [0.05, 0.1) is 11.7 Å². The fourth-order valence-electron chi connectivity index (χ4n) is 2.25. The van der Waals surface area contributed by atoms with E-state index in [2.05, 4.69) is 0 Å². The van der Waals surface area contributed by atoms with E-state index < -0.39 is 23.0 Å². The highest BCUT2D eigenvalue weighted by Crippen LogP contribution is 2.20. The van der Waals surface area contributed by atoms with E-state index in [1.165, 1.54) is 6.07 Å². The number of rotatable bonds is 5. The van der Waals surface area contributed by atoms with Gasteiger partial charge >= 0.3 is 0 Å². The molecule has 1 aromatic rings. The van der Waals surface area contributed by atoms with Crippen LogP contribution >= 0.6 is 0 Å². The molecule has 0 aromatic heterocycles. The van der Waals surface area contributed by atoms with E-state index in [1.807, 2.05) is 0 Å². The van der Waals surface area contributed by atoms with Gasteiger partial charge in [-0.25, -0.2) is 8.78 Å². The fraction of sp³-hybridized carbons (Fsp3) is 0.500. The third kappa shape index (κ3) is 3.13. The first-order chi connectivity index (χ1) is 8.68. The molecular formula is C14H16F2O2. The average molecular weight is 254 g/mol. The lowest BCUT2D eigenvalue weighted by Crippen LogP contribution is -2.09. The first-order valence-corrected chi connectivity index (χ1v) is 6.27. The summed E-state index contributed by atoms with van der Waals surface area (Å²) < 4.78 is 32.1. The van der Waals surface area contributed by atoms with Gasteiger partial charge in [-0.05, 0) is 37.8 Å². The van der Waals surface area contributed by atoms with Gasteiger partial charge in [0.2, 0.25) is 0 Å². The molecule has 0 bridgehead atoms. The molecule has 0 amide bonds. The van der Waals surface area contributed by atoms with Crippen molar-refractivity contribution in [1.82, 2.24) is 0 Å².